The zero-order chi connectivity index (χ0) is 17.8. The van der Waals surface area contributed by atoms with E-state index in [4.69, 9.17) is 0 Å². The van der Waals surface area contributed by atoms with Crippen molar-refractivity contribution in [2.24, 2.45) is 0 Å². The zero-order valence-corrected chi connectivity index (χ0v) is 16.3. The summed E-state index contributed by atoms with van der Waals surface area (Å²) in [6, 6.07) is 21.4. The van der Waals surface area contributed by atoms with Gasteiger partial charge in [0.25, 0.3) is 5.91 Å². The van der Waals surface area contributed by atoms with E-state index in [1.165, 1.54) is 11.1 Å². The predicted molar refractivity (Wildman–Crippen MR) is 113 cm³/mol. The fourth-order valence-electron chi connectivity index (χ4n) is 2.55. The SMILES string of the molecule is Cc1cccc(Nc2ccccc2C(=O)Nc2ccc(I)cc2)c1C. The summed E-state index contributed by atoms with van der Waals surface area (Å²) in [5.74, 6) is -0.130. The number of aryl methyl sites for hydroxylation is 1. The van der Waals surface area contributed by atoms with Gasteiger partial charge in [0.15, 0.2) is 0 Å². The maximum Gasteiger partial charge on any atom is 0.257 e. The monoisotopic (exact) mass is 442 g/mol. The van der Waals surface area contributed by atoms with Gasteiger partial charge >= 0.3 is 0 Å². The lowest BCUT2D eigenvalue weighted by Gasteiger charge is -2.15. The van der Waals surface area contributed by atoms with Crippen LogP contribution in [0.15, 0.2) is 66.7 Å². The van der Waals surface area contributed by atoms with E-state index in [9.17, 15) is 4.79 Å². The molecule has 0 heterocycles. The van der Waals surface area contributed by atoms with Crippen LogP contribution in [0.3, 0.4) is 0 Å². The van der Waals surface area contributed by atoms with E-state index in [0.717, 1.165) is 20.6 Å². The van der Waals surface area contributed by atoms with Gasteiger partial charge in [-0.3, -0.25) is 4.79 Å². The van der Waals surface area contributed by atoms with Crippen molar-refractivity contribution in [3.8, 4) is 0 Å². The first-order valence-corrected chi connectivity index (χ1v) is 9.11. The molecule has 0 atom stereocenters. The van der Waals surface area contributed by atoms with Gasteiger partial charge in [-0.2, -0.15) is 0 Å². The van der Waals surface area contributed by atoms with E-state index >= 15 is 0 Å². The lowest BCUT2D eigenvalue weighted by atomic mass is 10.1. The number of halogens is 1. The largest absolute Gasteiger partial charge is 0.355 e. The van der Waals surface area contributed by atoms with E-state index < -0.39 is 0 Å². The summed E-state index contributed by atoms with van der Waals surface area (Å²) in [5.41, 5.74) is 5.59. The van der Waals surface area contributed by atoms with Gasteiger partial charge in [-0.1, -0.05) is 24.3 Å². The Balaban J connectivity index is 1.86. The number of carbonyl (C=O) groups excluding carboxylic acids is 1. The van der Waals surface area contributed by atoms with Crippen molar-refractivity contribution in [2.75, 3.05) is 10.6 Å². The lowest BCUT2D eigenvalue weighted by molar-refractivity contribution is 0.102. The number of nitrogens with one attached hydrogen (secondary N) is 2. The normalized spacial score (nSPS) is 10.4. The molecule has 0 aliphatic carbocycles. The predicted octanol–water partition coefficient (Wildman–Crippen LogP) is 5.90. The van der Waals surface area contributed by atoms with E-state index in [1.54, 1.807) is 0 Å². The maximum absolute atomic E-state index is 12.7. The molecular weight excluding hydrogens is 423 g/mol. The van der Waals surface area contributed by atoms with Crippen LogP contribution in [-0.4, -0.2) is 5.91 Å². The first-order chi connectivity index (χ1) is 12.0. The van der Waals surface area contributed by atoms with Crippen LogP contribution in [0.25, 0.3) is 0 Å². The summed E-state index contributed by atoms with van der Waals surface area (Å²) in [7, 11) is 0. The number of anilines is 3. The van der Waals surface area contributed by atoms with Gasteiger partial charge in [-0.15, -0.1) is 0 Å². The third-order valence-corrected chi connectivity index (χ3v) is 4.87. The average Bonchev–Trinajstić information content (AvgIpc) is 2.61. The Morgan fingerprint density at radius 1 is 0.840 bits per heavy atom. The molecule has 0 unspecified atom stereocenters. The van der Waals surface area contributed by atoms with Crippen LogP contribution in [0.2, 0.25) is 0 Å². The molecule has 3 nitrogen and oxygen atoms in total. The topological polar surface area (TPSA) is 41.1 Å². The molecule has 4 heteroatoms. The molecule has 0 radical (unpaired) electrons. The molecule has 0 saturated heterocycles. The fourth-order valence-corrected chi connectivity index (χ4v) is 2.91. The van der Waals surface area contributed by atoms with E-state index in [2.05, 4.69) is 53.1 Å². The lowest BCUT2D eigenvalue weighted by Crippen LogP contribution is -2.14. The molecule has 0 fully saturated rings. The summed E-state index contributed by atoms with van der Waals surface area (Å²) in [6.07, 6.45) is 0. The Labute approximate surface area is 161 Å². The van der Waals surface area contributed by atoms with E-state index in [0.29, 0.717) is 5.56 Å². The molecule has 1 amide bonds. The van der Waals surface area contributed by atoms with Crippen LogP contribution in [0.1, 0.15) is 21.5 Å². The van der Waals surface area contributed by atoms with Gasteiger partial charge in [0.05, 0.1) is 11.3 Å². The first-order valence-electron chi connectivity index (χ1n) is 8.04. The quantitative estimate of drug-likeness (QED) is 0.494. The van der Waals surface area contributed by atoms with E-state index in [-0.39, 0.29) is 5.91 Å². The van der Waals surface area contributed by atoms with Crippen molar-refractivity contribution in [1.29, 1.82) is 0 Å². The summed E-state index contributed by atoms with van der Waals surface area (Å²) < 4.78 is 1.13. The van der Waals surface area contributed by atoms with Crippen molar-refractivity contribution < 1.29 is 4.79 Å². The second kappa shape index (κ2) is 7.70. The second-order valence-electron chi connectivity index (χ2n) is 5.88. The molecule has 2 N–H and O–H groups in total. The second-order valence-corrected chi connectivity index (χ2v) is 7.12. The average molecular weight is 442 g/mol. The van der Waals surface area contributed by atoms with Crippen molar-refractivity contribution in [3.63, 3.8) is 0 Å². The number of rotatable bonds is 4. The third kappa shape index (κ3) is 4.20. The van der Waals surface area contributed by atoms with Gasteiger partial charge < -0.3 is 10.6 Å². The van der Waals surface area contributed by atoms with Crippen LogP contribution in [0, 0.1) is 17.4 Å². The Hall–Kier alpha value is -2.34. The third-order valence-electron chi connectivity index (χ3n) is 4.15. The van der Waals surface area contributed by atoms with Crippen molar-refractivity contribution in [3.05, 3.63) is 87.0 Å². The Morgan fingerprint density at radius 3 is 2.28 bits per heavy atom. The van der Waals surface area contributed by atoms with Crippen molar-refractivity contribution >= 4 is 45.6 Å². The van der Waals surface area contributed by atoms with Gasteiger partial charge in [-0.05, 0) is 90.0 Å². The van der Waals surface area contributed by atoms with Crippen LogP contribution in [0.5, 0.6) is 0 Å². The minimum atomic E-state index is -0.130. The first kappa shape index (κ1) is 17.5. The Bertz CT molecular complexity index is 904. The van der Waals surface area contributed by atoms with Crippen LogP contribution in [-0.2, 0) is 0 Å². The number of carbonyl (C=O) groups is 1. The minimum Gasteiger partial charge on any atom is -0.355 e. The number of amides is 1. The number of para-hydroxylation sites is 1. The number of hydrogen-bond acceptors (Lipinski definition) is 2. The van der Waals surface area contributed by atoms with E-state index in [1.807, 2.05) is 60.7 Å². The minimum absolute atomic E-state index is 0.130. The summed E-state index contributed by atoms with van der Waals surface area (Å²) >= 11 is 2.24. The molecule has 25 heavy (non-hydrogen) atoms. The Morgan fingerprint density at radius 2 is 1.52 bits per heavy atom. The van der Waals surface area contributed by atoms with Crippen LogP contribution in [0.4, 0.5) is 17.1 Å². The smallest absolute Gasteiger partial charge is 0.257 e. The summed E-state index contributed by atoms with van der Waals surface area (Å²) in [5, 5.41) is 6.35. The van der Waals surface area contributed by atoms with Gasteiger partial charge in [0.2, 0.25) is 0 Å². The number of hydrogen-bond donors (Lipinski definition) is 2. The van der Waals surface area contributed by atoms with Crippen molar-refractivity contribution in [1.82, 2.24) is 0 Å². The summed E-state index contributed by atoms with van der Waals surface area (Å²) in [6.45, 7) is 4.15. The molecule has 0 aliphatic rings. The van der Waals surface area contributed by atoms with Crippen LogP contribution < -0.4 is 10.6 Å². The molecule has 0 saturated carbocycles. The highest BCUT2D eigenvalue weighted by Crippen LogP contribution is 2.26. The highest BCUT2D eigenvalue weighted by Gasteiger charge is 2.12. The van der Waals surface area contributed by atoms with Crippen molar-refractivity contribution in [2.45, 2.75) is 13.8 Å². The van der Waals surface area contributed by atoms with Gasteiger partial charge in [-0.25, -0.2) is 0 Å². The molecule has 0 aromatic heterocycles. The summed E-state index contributed by atoms with van der Waals surface area (Å²) in [4.78, 5) is 12.7. The van der Waals surface area contributed by atoms with Crippen LogP contribution >= 0.6 is 22.6 Å². The highest BCUT2D eigenvalue weighted by molar-refractivity contribution is 14.1. The van der Waals surface area contributed by atoms with Gasteiger partial charge in [0.1, 0.15) is 0 Å². The number of benzene rings is 3. The maximum atomic E-state index is 12.7. The highest BCUT2D eigenvalue weighted by atomic mass is 127. The van der Waals surface area contributed by atoms with Gasteiger partial charge in [0, 0.05) is 14.9 Å². The molecule has 0 aliphatic heterocycles. The molecule has 0 spiro atoms. The molecule has 126 valence electrons. The Kier molecular flexibility index (Phi) is 5.38. The standard InChI is InChI=1S/C21H19IN2O/c1-14-6-5-9-19(15(14)2)24-20-8-4-3-7-18(20)21(25)23-17-12-10-16(22)11-13-17/h3-13,24H,1-2H3,(H,23,25). The fraction of sp³-hybridized carbons (Fsp3) is 0.0952. The molecule has 3 aromatic rings. The molecule has 3 rings (SSSR count). The zero-order valence-electron chi connectivity index (χ0n) is 14.1. The molecule has 0 bridgehead atoms. The molecule has 3 aromatic carbocycles. The molecular formula is C21H19IN2O.